The zero-order valence-corrected chi connectivity index (χ0v) is 16.0. The largest absolute Gasteiger partial charge is 0.423 e. The normalized spacial score (nSPS) is 11.3. The predicted octanol–water partition coefficient (Wildman–Crippen LogP) is 2.86. The van der Waals surface area contributed by atoms with Gasteiger partial charge in [-0.25, -0.2) is 13.1 Å². The molecule has 2 aromatic carbocycles. The number of carbonyl (C=O) groups excluding carboxylic acids is 1. The van der Waals surface area contributed by atoms with E-state index in [1.807, 2.05) is 13.0 Å². The van der Waals surface area contributed by atoms with E-state index in [4.69, 9.17) is 4.42 Å². The highest BCUT2D eigenvalue weighted by atomic mass is 79.9. The van der Waals surface area contributed by atoms with Crippen LogP contribution in [0.25, 0.3) is 11.5 Å². The summed E-state index contributed by atoms with van der Waals surface area (Å²) in [6.45, 7) is 1.86. The van der Waals surface area contributed by atoms with Crippen LogP contribution in [-0.2, 0) is 21.2 Å². The first-order valence-electron chi connectivity index (χ1n) is 7.52. The van der Waals surface area contributed by atoms with Crippen molar-refractivity contribution in [1.29, 1.82) is 0 Å². The van der Waals surface area contributed by atoms with Crippen molar-refractivity contribution in [2.75, 3.05) is 0 Å². The minimum absolute atomic E-state index is 0.0400. The number of nitrogens with zero attached hydrogens (tertiary/aromatic N) is 2. The molecule has 26 heavy (non-hydrogen) atoms. The monoisotopic (exact) mass is 435 g/mol. The van der Waals surface area contributed by atoms with Gasteiger partial charge in [0, 0.05) is 10.0 Å². The molecule has 1 aromatic heterocycles. The number of hydrogen-bond donors (Lipinski definition) is 1. The summed E-state index contributed by atoms with van der Waals surface area (Å²) in [6, 6.07) is 11.4. The van der Waals surface area contributed by atoms with E-state index in [9.17, 15) is 13.2 Å². The minimum atomic E-state index is -4.01. The summed E-state index contributed by atoms with van der Waals surface area (Å²) < 4.78 is 33.0. The fourth-order valence-corrected chi connectivity index (χ4v) is 3.88. The van der Waals surface area contributed by atoms with E-state index >= 15 is 0 Å². The maximum Gasteiger partial charge on any atom is 0.264 e. The molecule has 3 rings (SSSR count). The van der Waals surface area contributed by atoms with Crippen molar-refractivity contribution in [2.24, 2.45) is 0 Å². The Morgan fingerprint density at radius 1 is 1.23 bits per heavy atom. The quantitative estimate of drug-likeness (QED) is 0.660. The summed E-state index contributed by atoms with van der Waals surface area (Å²) in [4.78, 5) is 12.1. The molecule has 1 amide bonds. The number of nitrogens with one attached hydrogen (secondary N) is 1. The number of halogens is 1. The van der Waals surface area contributed by atoms with Crippen molar-refractivity contribution in [1.82, 2.24) is 14.9 Å². The van der Waals surface area contributed by atoms with Gasteiger partial charge in [-0.05, 0) is 48.4 Å². The second-order valence-corrected chi connectivity index (χ2v) is 8.15. The molecule has 0 unspecified atom stereocenters. The van der Waals surface area contributed by atoms with Crippen LogP contribution in [0.3, 0.4) is 0 Å². The maximum absolute atomic E-state index is 12.5. The highest BCUT2D eigenvalue weighted by Gasteiger charge is 2.19. The molecule has 9 heteroatoms. The summed E-state index contributed by atoms with van der Waals surface area (Å²) >= 11 is 3.35. The van der Waals surface area contributed by atoms with Crippen molar-refractivity contribution in [3.05, 3.63) is 64.5 Å². The van der Waals surface area contributed by atoms with Crippen LogP contribution in [0.1, 0.15) is 11.1 Å². The predicted molar refractivity (Wildman–Crippen MR) is 97.6 cm³/mol. The standard InChI is InChI=1S/C17H14BrN3O4S/c1-11-7-14(18)6-5-12(11)9-16(22)21-26(23,24)15-4-2-3-13(8-15)17-20-19-10-25-17/h2-8,10H,9H2,1H3,(H,21,22). The third-order valence-corrected chi connectivity index (χ3v) is 5.52. The Hall–Kier alpha value is -2.52. The van der Waals surface area contributed by atoms with E-state index in [2.05, 4.69) is 30.8 Å². The van der Waals surface area contributed by atoms with E-state index in [0.717, 1.165) is 22.0 Å². The zero-order chi connectivity index (χ0) is 18.7. The molecule has 0 fully saturated rings. The average molecular weight is 436 g/mol. The van der Waals surface area contributed by atoms with Crippen molar-refractivity contribution in [3.63, 3.8) is 0 Å². The van der Waals surface area contributed by atoms with Crippen LogP contribution in [0.4, 0.5) is 0 Å². The summed E-state index contributed by atoms with van der Waals surface area (Å²) in [5.41, 5.74) is 2.09. The van der Waals surface area contributed by atoms with Crippen LogP contribution in [0.2, 0.25) is 0 Å². The van der Waals surface area contributed by atoms with Crippen molar-refractivity contribution >= 4 is 31.9 Å². The van der Waals surface area contributed by atoms with Crippen LogP contribution in [0.5, 0.6) is 0 Å². The Morgan fingerprint density at radius 2 is 2.04 bits per heavy atom. The van der Waals surface area contributed by atoms with E-state index in [-0.39, 0.29) is 17.2 Å². The Kier molecular flexibility index (Phi) is 5.19. The van der Waals surface area contributed by atoms with Crippen molar-refractivity contribution in [3.8, 4) is 11.5 Å². The van der Waals surface area contributed by atoms with Crippen molar-refractivity contribution < 1.29 is 17.6 Å². The molecule has 0 atom stereocenters. The molecule has 0 aliphatic carbocycles. The fourth-order valence-electron chi connectivity index (χ4n) is 2.37. The molecule has 0 saturated carbocycles. The Balaban J connectivity index is 1.78. The van der Waals surface area contributed by atoms with E-state index in [1.54, 1.807) is 18.2 Å². The molecule has 0 aliphatic rings. The molecule has 1 heterocycles. The van der Waals surface area contributed by atoms with Gasteiger partial charge in [-0.1, -0.05) is 28.1 Å². The number of carbonyl (C=O) groups is 1. The van der Waals surface area contributed by atoms with Gasteiger partial charge in [0.05, 0.1) is 11.3 Å². The van der Waals surface area contributed by atoms with Gasteiger partial charge in [0.15, 0.2) is 0 Å². The number of benzene rings is 2. The molecule has 0 radical (unpaired) electrons. The fraction of sp³-hybridized carbons (Fsp3) is 0.118. The molecule has 0 saturated heterocycles. The molecule has 7 nitrogen and oxygen atoms in total. The number of aromatic nitrogens is 2. The average Bonchev–Trinajstić information content (AvgIpc) is 3.12. The third kappa shape index (κ3) is 4.17. The van der Waals surface area contributed by atoms with Crippen molar-refractivity contribution in [2.45, 2.75) is 18.2 Å². The van der Waals surface area contributed by atoms with Crippen LogP contribution in [0, 0.1) is 6.92 Å². The summed E-state index contributed by atoms with van der Waals surface area (Å²) in [7, 11) is -4.01. The number of aryl methyl sites for hydroxylation is 1. The maximum atomic E-state index is 12.5. The van der Waals surface area contributed by atoms with E-state index in [0.29, 0.717) is 5.56 Å². The molecule has 0 aliphatic heterocycles. The lowest BCUT2D eigenvalue weighted by molar-refractivity contribution is -0.118. The second kappa shape index (κ2) is 7.38. The lowest BCUT2D eigenvalue weighted by Gasteiger charge is -2.09. The lowest BCUT2D eigenvalue weighted by Crippen LogP contribution is -2.32. The van der Waals surface area contributed by atoms with E-state index < -0.39 is 15.9 Å². The Bertz CT molecular complexity index is 1050. The molecule has 0 bridgehead atoms. The van der Waals surface area contributed by atoms with Gasteiger partial charge in [0.25, 0.3) is 10.0 Å². The molecule has 0 spiro atoms. The summed E-state index contributed by atoms with van der Waals surface area (Å²) in [5, 5.41) is 7.30. The topological polar surface area (TPSA) is 102 Å². The first-order chi connectivity index (χ1) is 12.3. The zero-order valence-electron chi connectivity index (χ0n) is 13.6. The smallest absolute Gasteiger partial charge is 0.264 e. The highest BCUT2D eigenvalue weighted by Crippen LogP contribution is 2.20. The van der Waals surface area contributed by atoms with Gasteiger partial charge in [-0.3, -0.25) is 4.79 Å². The van der Waals surface area contributed by atoms with Gasteiger partial charge in [-0.15, -0.1) is 10.2 Å². The van der Waals surface area contributed by atoms with Crippen LogP contribution < -0.4 is 4.72 Å². The van der Waals surface area contributed by atoms with Gasteiger partial charge in [-0.2, -0.15) is 0 Å². The first-order valence-corrected chi connectivity index (χ1v) is 9.80. The molecule has 1 N–H and O–H groups in total. The van der Waals surface area contributed by atoms with Crippen LogP contribution in [0.15, 0.2) is 62.6 Å². The van der Waals surface area contributed by atoms with Gasteiger partial charge < -0.3 is 4.42 Å². The molecular weight excluding hydrogens is 422 g/mol. The van der Waals surface area contributed by atoms with Gasteiger partial charge in [0.2, 0.25) is 18.2 Å². The molecule has 134 valence electrons. The molecule has 3 aromatic rings. The number of amides is 1. The Morgan fingerprint density at radius 3 is 2.73 bits per heavy atom. The number of sulfonamides is 1. The second-order valence-electron chi connectivity index (χ2n) is 5.55. The minimum Gasteiger partial charge on any atom is -0.423 e. The van der Waals surface area contributed by atoms with E-state index in [1.165, 1.54) is 18.2 Å². The molecular formula is C17H14BrN3O4S. The van der Waals surface area contributed by atoms with Crippen LogP contribution in [-0.4, -0.2) is 24.5 Å². The van der Waals surface area contributed by atoms with Gasteiger partial charge >= 0.3 is 0 Å². The summed E-state index contributed by atoms with van der Waals surface area (Å²) in [6.07, 6.45) is 1.11. The number of rotatable bonds is 5. The van der Waals surface area contributed by atoms with Gasteiger partial charge in [0.1, 0.15) is 0 Å². The number of hydrogen-bond acceptors (Lipinski definition) is 6. The summed E-state index contributed by atoms with van der Waals surface area (Å²) in [5.74, 6) is -0.419. The first kappa shape index (κ1) is 18.3. The SMILES string of the molecule is Cc1cc(Br)ccc1CC(=O)NS(=O)(=O)c1cccc(-c2nnco2)c1. The third-order valence-electron chi connectivity index (χ3n) is 3.66. The highest BCUT2D eigenvalue weighted by molar-refractivity contribution is 9.10. The Labute approximate surface area is 158 Å². The van der Waals surface area contributed by atoms with Crippen LogP contribution >= 0.6 is 15.9 Å². The lowest BCUT2D eigenvalue weighted by atomic mass is 10.1.